The fourth-order valence-corrected chi connectivity index (χ4v) is 1.27. The third-order valence-corrected chi connectivity index (χ3v) is 1.92. The lowest BCUT2D eigenvalue weighted by Crippen LogP contribution is -2.12. The van der Waals surface area contributed by atoms with Crippen molar-refractivity contribution >= 4 is 5.78 Å². The van der Waals surface area contributed by atoms with Gasteiger partial charge in [0.05, 0.1) is 0 Å². The van der Waals surface area contributed by atoms with E-state index in [4.69, 9.17) is 4.74 Å². The molecular formula is C11H15NO2. The number of carbonyl (C=O) groups excluding carboxylic acids is 1. The molecule has 0 unspecified atom stereocenters. The molecule has 0 radical (unpaired) electrons. The van der Waals surface area contributed by atoms with Crippen LogP contribution in [0.5, 0.6) is 0 Å². The van der Waals surface area contributed by atoms with Crippen molar-refractivity contribution in [1.82, 2.24) is 4.98 Å². The zero-order valence-corrected chi connectivity index (χ0v) is 8.83. The van der Waals surface area contributed by atoms with Crippen LogP contribution in [-0.2, 0) is 4.74 Å². The number of aryl methyl sites for hydroxylation is 2. The summed E-state index contributed by atoms with van der Waals surface area (Å²) in [7, 11) is 0. The van der Waals surface area contributed by atoms with E-state index in [0.29, 0.717) is 12.3 Å². The molecule has 0 atom stereocenters. The Morgan fingerprint density at radius 1 is 1.50 bits per heavy atom. The summed E-state index contributed by atoms with van der Waals surface area (Å²) in [6.45, 7) is 6.38. The smallest absolute Gasteiger partial charge is 0.206 e. The Labute approximate surface area is 84.1 Å². The number of hydrogen-bond acceptors (Lipinski definition) is 3. The van der Waals surface area contributed by atoms with Crippen LogP contribution in [0, 0.1) is 13.8 Å². The van der Waals surface area contributed by atoms with Gasteiger partial charge in [-0.2, -0.15) is 0 Å². The van der Waals surface area contributed by atoms with Crippen LogP contribution in [0.4, 0.5) is 0 Å². The summed E-state index contributed by atoms with van der Waals surface area (Å²) in [6, 6.07) is 1.95. The number of pyridine rings is 1. The van der Waals surface area contributed by atoms with Gasteiger partial charge in [0.1, 0.15) is 12.3 Å². The topological polar surface area (TPSA) is 39.2 Å². The Balaban J connectivity index is 2.80. The van der Waals surface area contributed by atoms with E-state index in [1.807, 2.05) is 26.8 Å². The second kappa shape index (κ2) is 4.86. The quantitative estimate of drug-likeness (QED) is 0.686. The molecule has 0 bridgehead atoms. The van der Waals surface area contributed by atoms with E-state index in [1.165, 1.54) is 0 Å². The summed E-state index contributed by atoms with van der Waals surface area (Å²) >= 11 is 0. The molecular weight excluding hydrogens is 178 g/mol. The molecule has 0 aliphatic rings. The van der Waals surface area contributed by atoms with Gasteiger partial charge in [-0.1, -0.05) is 6.07 Å². The van der Waals surface area contributed by atoms with E-state index in [9.17, 15) is 4.79 Å². The number of aromatic nitrogens is 1. The molecule has 0 N–H and O–H groups in total. The Kier molecular flexibility index (Phi) is 3.77. The Morgan fingerprint density at radius 2 is 2.21 bits per heavy atom. The lowest BCUT2D eigenvalue weighted by atomic mass is 10.1. The fourth-order valence-electron chi connectivity index (χ4n) is 1.27. The largest absolute Gasteiger partial charge is 0.374 e. The number of rotatable bonds is 4. The van der Waals surface area contributed by atoms with E-state index in [0.717, 1.165) is 11.1 Å². The number of nitrogens with zero attached hydrogens (tertiary/aromatic N) is 1. The molecule has 0 fully saturated rings. The summed E-state index contributed by atoms with van der Waals surface area (Å²) in [5, 5.41) is 0. The number of carbonyl (C=O) groups is 1. The molecule has 0 aliphatic heterocycles. The number of ketones is 1. The second-order valence-electron chi connectivity index (χ2n) is 3.24. The first-order valence-electron chi connectivity index (χ1n) is 4.69. The molecule has 1 aromatic heterocycles. The molecule has 14 heavy (non-hydrogen) atoms. The van der Waals surface area contributed by atoms with Crippen molar-refractivity contribution in [2.45, 2.75) is 20.8 Å². The van der Waals surface area contributed by atoms with Crippen LogP contribution in [0.3, 0.4) is 0 Å². The summed E-state index contributed by atoms with van der Waals surface area (Å²) < 4.78 is 5.05. The van der Waals surface area contributed by atoms with Crippen LogP contribution in [0.2, 0.25) is 0 Å². The van der Waals surface area contributed by atoms with Crippen molar-refractivity contribution < 1.29 is 9.53 Å². The second-order valence-corrected chi connectivity index (χ2v) is 3.24. The molecule has 3 nitrogen and oxygen atoms in total. The van der Waals surface area contributed by atoms with Gasteiger partial charge in [-0.15, -0.1) is 0 Å². The van der Waals surface area contributed by atoms with Crippen LogP contribution in [0.15, 0.2) is 12.3 Å². The molecule has 0 saturated heterocycles. The maximum Gasteiger partial charge on any atom is 0.206 e. The summed E-state index contributed by atoms with van der Waals surface area (Å²) in [5.41, 5.74) is 2.49. The minimum atomic E-state index is -0.0515. The van der Waals surface area contributed by atoms with Crippen molar-refractivity contribution in [3.8, 4) is 0 Å². The molecule has 3 heteroatoms. The maximum atomic E-state index is 11.5. The normalized spacial score (nSPS) is 10.2. The SMILES string of the molecule is CCOCC(=O)c1ncc(C)cc1C. The van der Waals surface area contributed by atoms with Crippen LogP contribution in [0.1, 0.15) is 28.5 Å². The third kappa shape index (κ3) is 2.64. The predicted octanol–water partition coefficient (Wildman–Crippen LogP) is 1.92. The monoisotopic (exact) mass is 193 g/mol. The zero-order valence-electron chi connectivity index (χ0n) is 8.83. The molecule has 0 saturated carbocycles. The first kappa shape index (κ1) is 10.9. The first-order valence-corrected chi connectivity index (χ1v) is 4.69. The molecule has 0 amide bonds. The fraction of sp³-hybridized carbons (Fsp3) is 0.455. The van der Waals surface area contributed by atoms with Gasteiger partial charge in [0.25, 0.3) is 0 Å². The Hall–Kier alpha value is -1.22. The van der Waals surface area contributed by atoms with Gasteiger partial charge < -0.3 is 4.74 Å². The summed E-state index contributed by atoms with van der Waals surface area (Å²) in [6.07, 6.45) is 1.70. The molecule has 1 rings (SSSR count). The number of hydrogen-bond donors (Lipinski definition) is 0. The number of ether oxygens (including phenoxy) is 1. The van der Waals surface area contributed by atoms with Crippen LogP contribution >= 0.6 is 0 Å². The van der Waals surface area contributed by atoms with Gasteiger partial charge in [0.2, 0.25) is 5.78 Å². The Bertz CT molecular complexity index is 334. The van der Waals surface area contributed by atoms with Gasteiger partial charge in [0, 0.05) is 12.8 Å². The van der Waals surface area contributed by atoms with E-state index < -0.39 is 0 Å². The lowest BCUT2D eigenvalue weighted by molar-refractivity contribution is 0.0777. The van der Waals surface area contributed by atoms with E-state index >= 15 is 0 Å². The van der Waals surface area contributed by atoms with Crippen LogP contribution < -0.4 is 0 Å². The summed E-state index contributed by atoms with van der Waals surface area (Å²) in [5.74, 6) is -0.0515. The highest BCUT2D eigenvalue weighted by molar-refractivity contribution is 5.96. The molecule has 76 valence electrons. The van der Waals surface area contributed by atoms with Gasteiger partial charge >= 0.3 is 0 Å². The molecule has 0 aliphatic carbocycles. The van der Waals surface area contributed by atoms with Gasteiger partial charge in [0.15, 0.2) is 0 Å². The van der Waals surface area contributed by atoms with Gasteiger partial charge in [-0.25, -0.2) is 0 Å². The van der Waals surface area contributed by atoms with Crippen molar-refractivity contribution in [2.24, 2.45) is 0 Å². The standard InChI is InChI=1S/C11H15NO2/c1-4-14-7-10(13)11-9(3)5-8(2)6-12-11/h5-6H,4,7H2,1-3H3. The van der Waals surface area contributed by atoms with Crippen LogP contribution in [0.25, 0.3) is 0 Å². The van der Waals surface area contributed by atoms with Gasteiger partial charge in [-0.3, -0.25) is 9.78 Å². The lowest BCUT2D eigenvalue weighted by Gasteiger charge is -2.04. The minimum absolute atomic E-state index is 0.0515. The molecule has 1 heterocycles. The predicted molar refractivity (Wildman–Crippen MR) is 54.5 cm³/mol. The highest BCUT2D eigenvalue weighted by atomic mass is 16.5. The van der Waals surface area contributed by atoms with Crippen molar-refractivity contribution in [3.63, 3.8) is 0 Å². The average Bonchev–Trinajstić information content (AvgIpc) is 2.14. The first-order chi connectivity index (χ1) is 6.65. The van der Waals surface area contributed by atoms with Crippen LogP contribution in [-0.4, -0.2) is 24.0 Å². The van der Waals surface area contributed by atoms with Crippen molar-refractivity contribution in [2.75, 3.05) is 13.2 Å². The highest BCUT2D eigenvalue weighted by Gasteiger charge is 2.10. The molecule has 0 spiro atoms. The van der Waals surface area contributed by atoms with E-state index in [2.05, 4.69) is 4.98 Å². The van der Waals surface area contributed by atoms with E-state index in [-0.39, 0.29) is 12.4 Å². The molecule has 0 aromatic carbocycles. The maximum absolute atomic E-state index is 11.5. The summed E-state index contributed by atoms with van der Waals surface area (Å²) in [4.78, 5) is 15.6. The van der Waals surface area contributed by atoms with Crippen molar-refractivity contribution in [1.29, 1.82) is 0 Å². The highest BCUT2D eigenvalue weighted by Crippen LogP contribution is 2.07. The number of Topliss-reactive ketones (excluding diaryl/α,β-unsaturated/α-hetero) is 1. The average molecular weight is 193 g/mol. The minimum Gasteiger partial charge on any atom is -0.374 e. The molecule has 1 aromatic rings. The van der Waals surface area contributed by atoms with Crippen molar-refractivity contribution in [3.05, 3.63) is 29.1 Å². The van der Waals surface area contributed by atoms with E-state index in [1.54, 1.807) is 6.20 Å². The Morgan fingerprint density at radius 3 is 2.79 bits per heavy atom. The zero-order chi connectivity index (χ0) is 10.6. The third-order valence-electron chi connectivity index (χ3n) is 1.92. The van der Waals surface area contributed by atoms with Gasteiger partial charge in [-0.05, 0) is 31.9 Å².